The highest BCUT2D eigenvalue weighted by atomic mass is 32.2. The van der Waals surface area contributed by atoms with Gasteiger partial charge < -0.3 is 14.4 Å². The molecule has 3 aromatic carbocycles. The van der Waals surface area contributed by atoms with Crippen molar-refractivity contribution < 1.29 is 9.47 Å². The summed E-state index contributed by atoms with van der Waals surface area (Å²) in [7, 11) is 5.64. The Kier molecular flexibility index (Phi) is 8.15. The van der Waals surface area contributed by atoms with Crippen LogP contribution in [-0.2, 0) is 10.5 Å². The van der Waals surface area contributed by atoms with Crippen LogP contribution in [0.3, 0.4) is 0 Å². The van der Waals surface area contributed by atoms with Gasteiger partial charge in [-0.2, -0.15) is 0 Å². The smallest absolute Gasteiger partial charge is 0.160 e. The van der Waals surface area contributed by atoms with Gasteiger partial charge in [0.05, 0.1) is 18.3 Å². The molecule has 0 aliphatic carbocycles. The largest absolute Gasteiger partial charge is 0.493 e. The van der Waals surface area contributed by atoms with Gasteiger partial charge in [-0.3, -0.25) is 0 Å². The molecule has 1 unspecified atom stereocenters. The highest BCUT2D eigenvalue weighted by Crippen LogP contribution is 2.54. The van der Waals surface area contributed by atoms with E-state index in [0.717, 1.165) is 30.9 Å². The van der Waals surface area contributed by atoms with Gasteiger partial charge in [-0.25, -0.2) is 0 Å². The quantitative estimate of drug-likeness (QED) is 0.333. The van der Waals surface area contributed by atoms with Crippen LogP contribution in [-0.4, -0.2) is 50.3 Å². The minimum absolute atomic E-state index is 0.124. The Morgan fingerprint density at radius 2 is 1.64 bits per heavy atom. The number of rotatable bonds is 9. The average molecular weight is 482 g/mol. The second-order valence-corrected chi connectivity index (χ2v) is 11.9. The number of thioether (sulfide) groups is 2. The molecule has 0 amide bonds. The van der Waals surface area contributed by atoms with Gasteiger partial charge in [0.15, 0.2) is 11.5 Å². The first-order valence-corrected chi connectivity index (χ1v) is 13.7. The van der Waals surface area contributed by atoms with E-state index in [1.54, 1.807) is 14.2 Å². The maximum atomic E-state index is 5.48. The summed E-state index contributed by atoms with van der Waals surface area (Å²) in [6.07, 6.45) is 3.43. The summed E-state index contributed by atoms with van der Waals surface area (Å²) in [6, 6.07) is 22.5. The molecule has 3 nitrogen and oxygen atoms in total. The van der Waals surface area contributed by atoms with Gasteiger partial charge in [0.2, 0.25) is 0 Å². The number of nitrogens with zero attached hydrogens (tertiary/aromatic N) is 1. The van der Waals surface area contributed by atoms with Crippen molar-refractivity contribution in [1.29, 1.82) is 0 Å². The predicted octanol–water partition coefficient (Wildman–Crippen LogP) is 6.83. The van der Waals surface area contributed by atoms with Crippen molar-refractivity contribution in [2.45, 2.75) is 36.3 Å². The number of hydrogen-bond acceptors (Lipinski definition) is 5. The molecule has 4 rings (SSSR count). The average Bonchev–Trinajstić information content (AvgIpc) is 2.87. The Balaban J connectivity index is 1.47. The summed E-state index contributed by atoms with van der Waals surface area (Å²) in [5.41, 5.74) is 2.74. The van der Waals surface area contributed by atoms with Crippen molar-refractivity contribution >= 4 is 34.3 Å². The zero-order valence-corrected chi connectivity index (χ0v) is 21.8. The number of hydrogen-bond donors (Lipinski definition) is 0. The van der Waals surface area contributed by atoms with Crippen LogP contribution in [0.4, 0.5) is 0 Å². The molecular weight excluding hydrogens is 446 g/mol. The standard InChI is InChI=1S/C28H35NO2S2/c1-21(29(2)15-14-22-10-13-26(30-3)27(18-22)31-4)20-28(32-16-7-17-33-28)25-12-11-23-8-5-6-9-24(23)19-25/h5-6,8-13,18-19,21H,7,14-17,20H2,1-4H3. The van der Waals surface area contributed by atoms with Gasteiger partial charge in [0, 0.05) is 12.6 Å². The Morgan fingerprint density at radius 3 is 2.36 bits per heavy atom. The number of likely N-dealkylation sites (N-methyl/N-ethyl adjacent to an activating group) is 1. The SMILES string of the molecule is COc1ccc(CCN(C)C(C)CC2(c3ccc4ccccc4c3)SCCCS2)cc1OC. The summed E-state index contributed by atoms with van der Waals surface area (Å²) in [5.74, 6) is 4.06. The van der Waals surface area contributed by atoms with E-state index in [-0.39, 0.29) is 4.08 Å². The van der Waals surface area contributed by atoms with Crippen molar-refractivity contribution in [3.8, 4) is 11.5 Å². The van der Waals surface area contributed by atoms with Crippen LogP contribution in [0.2, 0.25) is 0 Å². The second kappa shape index (κ2) is 11.1. The zero-order valence-electron chi connectivity index (χ0n) is 20.2. The third-order valence-electron chi connectivity index (χ3n) is 6.67. The van der Waals surface area contributed by atoms with E-state index >= 15 is 0 Å². The van der Waals surface area contributed by atoms with Crippen LogP contribution >= 0.6 is 23.5 Å². The topological polar surface area (TPSA) is 21.7 Å². The van der Waals surface area contributed by atoms with Crippen LogP contribution in [0.5, 0.6) is 11.5 Å². The Bertz CT molecular complexity index is 1060. The molecule has 33 heavy (non-hydrogen) atoms. The number of benzene rings is 3. The molecule has 3 aromatic rings. The summed E-state index contributed by atoms with van der Waals surface area (Å²) < 4.78 is 11.0. The van der Waals surface area contributed by atoms with E-state index in [4.69, 9.17) is 9.47 Å². The van der Waals surface area contributed by atoms with E-state index in [1.807, 2.05) is 6.07 Å². The normalized spacial score (nSPS) is 16.6. The fraction of sp³-hybridized carbons (Fsp3) is 0.429. The molecule has 1 fully saturated rings. The van der Waals surface area contributed by atoms with Gasteiger partial charge in [-0.15, -0.1) is 23.5 Å². The first kappa shape index (κ1) is 24.3. The minimum atomic E-state index is 0.124. The fourth-order valence-corrected chi connectivity index (χ4v) is 8.07. The molecule has 0 N–H and O–H groups in total. The molecule has 1 aliphatic rings. The Hall–Kier alpha value is -1.82. The molecule has 0 radical (unpaired) electrons. The number of ether oxygens (including phenoxy) is 2. The maximum absolute atomic E-state index is 5.48. The molecule has 5 heteroatoms. The monoisotopic (exact) mass is 481 g/mol. The van der Waals surface area contributed by atoms with Crippen molar-refractivity contribution in [2.75, 3.05) is 39.3 Å². The first-order chi connectivity index (χ1) is 16.0. The lowest BCUT2D eigenvalue weighted by Gasteiger charge is -2.40. The van der Waals surface area contributed by atoms with E-state index in [0.29, 0.717) is 6.04 Å². The van der Waals surface area contributed by atoms with Gasteiger partial charge in [-0.1, -0.05) is 42.5 Å². The zero-order chi connectivity index (χ0) is 23.3. The van der Waals surface area contributed by atoms with E-state index in [1.165, 1.54) is 39.8 Å². The number of fused-ring (bicyclic) bond motifs is 1. The summed E-state index contributed by atoms with van der Waals surface area (Å²) in [5, 5.41) is 2.66. The predicted molar refractivity (Wildman–Crippen MR) is 145 cm³/mol. The lowest BCUT2D eigenvalue weighted by molar-refractivity contribution is 0.244. The summed E-state index contributed by atoms with van der Waals surface area (Å²) in [4.78, 5) is 2.51. The fourth-order valence-electron chi connectivity index (χ4n) is 4.51. The maximum Gasteiger partial charge on any atom is 0.160 e. The van der Waals surface area contributed by atoms with Gasteiger partial charge in [0.1, 0.15) is 0 Å². The third-order valence-corrected chi connectivity index (χ3v) is 10.1. The highest BCUT2D eigenvalue weighted by Gasteiger charge is 2.37. The Labute approximate surface area is 207 Å². The third kappa shape index (κ3) is 5.64. The molecule has 0 saturated carbocycles. The minimum Gasteiger partial charge on any atom is -0.493 e. The second-order valence-electron chi connectivity index (χ2n) is 8.84. The van der Waals surface area contributed by atoms with Crippen molar-refractivity contribution in [2.24, 2.45) is 0 Å². The molecule has 0 bridgehead atoms. The van der Waals surface area contributed by atoms with Crippen LogP contribution in [0.25, 0.3) is 10.8 Å². The van der Waals surface area contributed by atoms with Gasteiger partial charge in [0.25, 0.3) is 0 Å². The Morgan fingerprint density at radius 1 is 0.909 bits per heavy atom. The molecule has 1 saturated heterocycles. The summed E-state index contributed by atoms with van der Waals surface area (Å²) >= 11 is 4.29. The van der Waals surface area contributed by atoms with Gasteiger partial charge >= 0.3 is 0 Å². The molecular formula is C28H35NO2S2. The van der Waals surface area contributed by atoms with Gasteiger partial charge in [-0.05, 0) is 84.8 Å². The lowest BCUT2D eigenvalue weighted by Crippen LogP contribution is -2.37. The summed E-state index contributed by atoms with van der Waals surface area (Å²) in [6.45, 7) is 3.40. The van der Waals surface area contributed by atoms with Crippen LogP contribution in [0.1, 0.15) is 30.9 Å². The van der Waals surface area contributed by atoms with Crippen molar-refractivity contribution in [1.82, 2.24) is 4.90 Å². The molecule has 1 atom stereocenters. The van der Waals surface area contributed by atoms with E-state index < -0.39 is 0 Å². The van der Waals surface area contributed by atoms with Crippen LogP contribution in [0, 0.1) is 0 Å². The van der Waals surface area contributed by atoms with Crippen molar-refractivity contribution in [3.63, 3.8) is 0 Å². The molecule has 176 valence electrons. The molecule has 1 heterocycles. The first-order valence-electron chi connectivity index (χ1n) is 11.7. The van der Waals surface area contributed by atoms with E-state index in [2.05, 4.69) is 97.0 Å². The molecule has 0 aromatic heterocycles. The highest BCUT2D eigenvalue weighted by molar-refractivity contribution is 8.18. The van der Waals surface area contributed by atoms with E-state index in [9.17, 15) is 0 Å². The lowest BCUT2D eigenvalue weighted by atomic mass is 10.00. The number of methoxy groups -OCH3 is 2. The van der Waals surface area contributed by atoms with Crippen LogP contribution < -0.4 is 9.47 Å². The van der Waals surface area contributed by atoms with Crippen molar-refractivity contribution in [3.05, 3.63) is 71.8 Å². The molecule has 1 aliphatic heterocycles. The molecule has 0 spiro atoms. The van der Waals surface area contributed by atoms with Crippen LogP contribution in [0.15, 0.2) is 60.7 Å².